The average molecular weight is 455 g/mol. The largest absolute Gasteiger partial charge is 0.506 e. The van der Waals surface area contributed by atoms with Crippen molar-refractivity contribution in [2.45, 2.75) is 19.9 Å². The number of benzene rings is 1. The van der Waals surface area contributed by atoms with E-state index in [0.717, 1.165) is 43.6 Å². The number of carbonyl (C=O) groups is 1. The Bertz CT molecular complexity index is 1270. The molecule has 0 aliphatic carbocycles. The molecule has 2 aromatic heterocycles. The van der Waals surface area contributed by atoms with Gasteiger partial charge in [0, 0.05) is 68.0 Å². The molecule has 9 heteroatoms. The standard InChI is InChI=1S/C24H30N4O5/c1-5-16-21(25-23(30)20(22(16)29)24(31)32)17-11-14-10-15(13-28-8-6-26(2)7-9-28)27(3)18(14)12-19(17)33-4/h10-12H,5-9,13H2,1-4H3,(H,31,32)(H2,25,29,30). The number of ether oxygens (including phenoxy) is 1. The number of aryl methyl sites for hydroxylation is 1. The van der Waals surface area contributed by atoms with Crippen molar-refractivity contribution in [3.05, 3.63) is 45.4 Å². The number of piperazine rings is 1. The lowest BCUT2D eigenvalue weighted by Crippen LogP contribution is -2.44. The third-order valence-electron chi connectivity index (χ3n) is 6.57. The molecule has 0 bridgehead atoms. The second-order valence-corrected chi connectivity index (χ2v) is 8.58. The topological polar surface area (TPSA) is 111 Å². The Labute approximate surface area is 191 Å². The number of hydrogen-bond donors (Lipinski definition) is 3. The third-order valence-corrected chi connectivity index (χ3v) is 6.57. The number of likely N-dealkylation sites (N-methyl/N-ethyl adjacent to an activating group) is 1. The molecule has 0 saturated carbocycles. The number of rotatable bonds is 6. The number of aromatic amines is 1. The van der Waals surface area contributed by atoms with Gasteiger partial charge in [-0.2, -0.15) is 0 Å². The van der Waals surface area contributed by atoms with Crippen molar-refractivity contribution < 1.29 is 19.7 Å². The van der Waals surface area contributed by atoms with Crippen LogP contribution in [0.4, 0.5) is 0 Å². The molecule has 4 rings (SSSR count). The fourth-order valence-corrected chi connectivity index (χ4v) is 4.57. The maximum absolute atomic E-state index is 12.5. The zero-order chi connectivity index (χ0) is 23.9. The number of hydrogen-bond acceptors (Lipinski definition) is 6. The van der Waals surface area contributed by atoms with Gasteiger partial charge in [0.15, 0.2) is 5.56 Å². The van der Waals surface area contributed by atoms with E-state index in [1.165, 1.54) is 5.69 Å². The molecule has 1 aliphatic rings. The van der Waals surface area contributed by atoms with E-state index >= 15 is 0 Å². The molecule has 3 N–H and O–H groups in total. The molecular weight excluding hydrogens is 424 g/mol. The Morgan fingerprint density at radius 2 is 1.85 bits per heavy atom. The summed E-state index contributed by atoms with van der Waals surface area (Å²) in [4.78, 5) is 31.4. The molecule has 33 heavy (non-hydrogen) atoms. The van der Waals surface area contributed by atoms with E-state index in [4.69, 9.17) is 4.74 Å². The number of H-pyrrole nitrogens is 1. The Kier molecular flexibility index (Phi) is 6.18. The van der Waals surface area contributed by atoms with E-state index in [1.54, 1.807) is 14.0 Å². The highest BCUT2D eigenvalue weighted by molar-refractivity contribution is 5.94. The Hall–Kier alpha value is -3.30. The predicted octanol–water partition coefficient (Wildman–Crippen LogP) is 2.26. The van der Waals surface area contributed by atoms with Crippen LogP contribution in [-0.4, -0.2) is 75.9 Å². The van der Waals surface area contributed by atoms with E-state index in [-0.39, 0.29) is 0 Å². The van der Waals surface area contributed by atoms with E-state index in [1.807, 2.05) is 19.2 Å². The van der Waals surface area contributed by atoms with E-state index in [2.05, 4.69) is 32.5 Å². The van der Waals surface area contributed by atoms with Crippen LogP contribution in [0.2, 0.25) is 0 Å². The molecule has 3 aromatic rings. The molecule has 1 saturated heterocycles. The van der Waals surface area contributed by atoms with Gasteiger partial charge in [0.25, 0.3) is 5.56 Å². The van der Waals surface area contributed by atoms with Crippen molar-refractivity contribution in [2.75, 3.05) is 40.3 Å². The first-order valence-electron chi connectivity index (χ1n) is 11.0. The summed E-state index contributed by atoms with van der Waals surface area (Å²) < 4.78 is 7.79. The maximum Gasteiger partial charge on any atom is 0.345 e. The average Bonchev–Trinajstić information content (AvgIpc) is 3.08. The van der Waals surface area contributed by atoms with Crippen molar-refractivity contribution >= 4 is 16.9 Å². The molecule has 1 fully saturated rings. The summed E-state index contributed by atoms with van der Waals surface area (Å²) in [6, 6.07) is 5.97. The van der Waals surface area contributed by atoms with Crippen LogP contribution >= 0.6 is 0 Å². The van der Waals surface area contributed by atoms with Gasteiger partial charge in [0.1, 0.15) is 11.5 Å². The first kappa shape index (κ1) is 22.9. The van der Waals surface area contributed by atoms with Gasteiger partial charge in [-0.05, 0) is 25.6 Å². The molecule has 3 heterocycles. The highest BCUT2D eigenvalue weighted by Gasteiger charge is 2.24. The SMILES string of the molecule is CCc1c(-c2cc3cc(CN4CCN(C)CC4)n(C)c3cc2OC)[nH]c(=O)c(C(=O)O)c1O. The summed E-state index contributed by atoms with van der Waals surface area (Å²) in [6.45, 7) is 6.76. The van der Waals surface area contributed by atoms with Gasteiger partial charge < -0.3 is 29.4 Å². The lowest BCUT2D eigenvalue weighted by atomic mass is 9.98. The van der Waals surface area contributed by atoms with Gasteiger partial charge in [0.2, 0.25) is 0 Å². The number of nitrogens with one attached hydrogen (secondary N) is 1. The van der Waals surface area contributed by atoms with Crippen molar-refractivity contribution in [3.8, 4) is 22.8 Å². The van der Waals surface area contributed by atoms with Gasteiger partial charge in [-0.15, -0.1) is 0 Å². The summed E-state index contributed by atoms with van der Waals surface area (Å²) in [5.74, 6) is -1.44. The minimum atomic E-state index is -1.46. The van der Waals surface area contributed by atoms with Gasteiger partial charge in [-0.1, -0.05) is 6.92 Å². The lowest BCUT2D eigenvalue weighted by Gasteiger charge is -2.32. The summed E-state index contributed by atoms with van der Waals surface area (Å²) >= 11 is 0. The number of aromatic nitrogens is 2. The smallest absolute Gasteiger partial charge is 0.345 e. The second-order valence-electron chi connectivity index (χ2n) is 8.58. The molecule has 0 spiro atoms. The molecule has 0 atom stereocenters. The van der Waals surface area contributed by atoms with Crippen LogP contribution in [-0.2, 0) is 20.0 Å². The van der Waals surface area contributed by atoms with Gasteiger partial charge >= 0.3 is 5.97 Å². The molecule has 9 nitrogen and oxygen atoms in total. The van der Waals surface area contributed by atoms with Crippen molar-refractivity contribution in [1.82, 2.24) is 19.4 Å². The van der Waals surface area contributed by atoms with Crippen molar-refractivity contribution in [1.29, 1.82) is 0 Å². The predicted molar refractivity (Wildman–Crippen MR) is 126 cm³/mol. The summed E-state index contributed by atoms with van der Waals surface area (Å²) in [5, 5.41) is 20.9. The van der Waals surface area contributed by atoms with Crippen LogP contribution in [0.15, 0.2) is 23.0 Å². The number of aromatic hydroxyl groups is 1. The maximum atomic E-state index is 12.5. The monoisotopic (exact) mass is 454 g/mol. The van der Waals surface area contributed by atoms with Gasteiger partial charge in [-0.3, -0.25) is 9.69 Å². The zero-order valence-corrected chi connectivity index (χ0v) is 19.4. The van der Waals surface area contributed by atoms with Crippen molar-refractivity contribution in [3.63, 3.8) is 0 Å². The second kappa shape index (κ2) is 8.92. The number of carboxylic acid groups (broad SMARTS) is 1. The van der Waals surface area contributed by atoms with Gasteiger partial charge in [-0.25, -0.2) is 4.79 Å². The molecule has 0 unspecified atom stereocenters. The highest BCUT2D eigenvalue weighted by atomic mass is 16.5. The first-order valence-corrected chi connectivity index (χ1v) is 11.0. The number of fused-ring (bicyclic) bond motifs is 1. The minimum Gasteiger partial charge on any atom is -0.506 e. The number of aromatic carboxylic acids is 1. The van der Waals surface area contributed by atoms with Crippen LogP contribution in [0.5, 0.6) is 11.5 Å². The fraction of sp³-hybridized carbons (Fsp3) is 0.417. The Morgan fingerprint density at radius 3 is 2.45 bits per heavy atom. The van der Waals surface area contributed by atoms with Crippen molar-refractivity contribution in [2.24, 2.45) is 7.05 Å². The normalized spacial score (nSPS) is 15.3. The molecule has 176 valence electrons. The summed E-state index contributed by atoms with van der Waals surface area (Å²) in [5.41, 5.74) is 1.99. The molecule has 1 aliphatic heterocycles. The molecule has 0 radical (unpaired) electrons. The lowest BCUT2D eigenvalue weighted by molar-refractivity contribution is 0.0691. The number of nitrogens with zero attached hydrogens (tertiary/aromatic N) is 3. The van der Waals surface area contributed by atoms with Crippen LogP contribution in [0, 0.1) is 0 Å². The molecule has 0 amide bonds. The fourth-order valence-electron chi connectivity index (χ4n) is 4.57. The highest BCUT2D eigenvalue weighted by Crippen LogP contribution is 2.38. The van der Waals surface area contributed by atoms with E-state index in [0.29, 0.717) is 29.0 Å². The Balaban J connectivity index is 1.82. The van der Waals surface area contributed by atoms with Crippen LogP contribution in [0.1, 0.15) is 28.5 Å². The van der Waals surface area contributed by atoms with E-state index in [9.17, 15) is 19.8 Å². The van der Waals surface area contributed by atoms with Crippen LogP contribution in [0.25, 0.3) is 22.2 Å². The number of carboxylic acids is 1. The number of methoxy groups -OCH3 is 1. The molecule has 1 aromatic carbocycles. The number of pyridine rings is 1. The summed E-state index contributed by atoms with van der Waals surface area (Å²) in [6.07, 6.45) is 0.336. The Morgan fingerprint density at radius 1 is 1.15 bits per heavy atom. The van der Waals surface area contributed by atoms with Crippen LogP contribution < -0.4 is 10.3 Å². The van der Waals surface area contributed by atoms with E-state index < -0.39 is 22.8 Å². The first-order chi connectivity index (χ1) is 15.7. The zero-order valence-electron chi connectivity index (χ0n) is 19.4. The third kappa shape index (κ3) is 4.09. The minimum absolute atomic E-state index is 0.336. The molecular formula is C24H30N4O5. The van der Waals surface area contributed by atoms with Gasteiger partial charge in [0.05, 0.1) is 18.3 Å². The quantitative estimate of drug-likeness (QED) is 0.524. The van der Waals surface area contributed by atoms with Crippen LogP contribution in [0.3, 0.4) is 0 Å². The summed E-state index contributed by atoms with van der Waals surface area (Å²) in [7, 11) is 5.71.